The summed E-state index contributed by atoms with van der Waals surface area (Å²) >= 11 is 0. The fourth-order valence-corrected chi connectivity index (χ4v) is 1.99. The van der Waals surface area contributed by atoms with Gasteiger partial charge in [0.05, 0.1) is 19.8 Å². The highest BCUT2D eigenvalue weighted by Gasteiger charge is 2.17. The smallest absolute Gasteiger partial charge is 0.236 e. The van der Waals surface area contributed by atoms with Crippen LogP contribution >= 0.6 is 0 Å². The number of carbonyl (C=O) groups excluding carboxylic acids is 1. The summed E-state index contributed by atoms with van der Waals surface area (Å²) < 4.78 is 10.2. The highest BCUT2D eigenvalue weighted by Crippen LogP contribution is 2.24. The van der Waals surface area contributed by atoms with Gasteiger partial charge >= 0.3 is 0 Å². The molecule has 0 saturated heterocycles. The van der Waals surface area contributed by atoms with Crippen molar-refractivity contribution in [1.82, 2.24) is 10.6 Å². The molecule has 0 fully saturated rings. The molecule has 1 aromatic carbocycles. The summed E-state index contributed by atoms with van der Waals surface area (Å²) in [6.45, 7) is 4.88. The Bertz CT molecular complexity index is 423. The van der Waals surface area contributed by atoms with Crippen LogP contribution in [0, 0.1) is 0 Å². The van der Waals surface area contributed by atoms with Crippen LogP contribution in [-0.4, -0.2) is 39.3 Å². The van der Waals surface area contributed by atoms with Gasteiger partial charge in [0, 0.05) is 25.3 Å². The van der Waals surface area contributed by atoms with Crippen molar-refractivity contribution >= 4 is 5.91 Å². The Morgan fingerprint density at radius 2 is 1.95 bits per heavy atom. The van der Waals surface area contributed by atoms with Crippen molar-refractivity contribution in [2.24, 2.45) is 0 Å². The fraction of sp³-hybridized carbons (Fsp3) is 0.533. The summed E-state index contributed by atoms with van der Waals surface area (Å²) in [6, 6.07) is 7.53. The number of hydrogen-bond donors (Lipinski definition) is 2. The van der Waals surface area contributed by atoms with E-state index in [1.165, 1.54) is 0 Å². The molecule has 5 nitrogen and oxygen atoms in total. The molecule has 0 aliphatic carbocycles. The molecule has 112 valence electrons. The minimum absolute atomic E-state index is 0.0225. The van der Waals surface area contributed by atoms with Gasteiger partial charge in [-0.2, -0.15) is 0 Å². The fourth-order valence-electron chi connectivity index (χ4n) is 1.99. The van der Waals surface area contributed by atoms with E-state index in [2.05, 4.69) is 10.6 Å². The molecule has 0 aliphatic rings. The van der Waals surface area contributed by atoms with E-state index in [0.717, 1.165) is 11.3 Å². The van der Waals surface area contributed by atoms with E-state index in [-0.39, 0.29) is 18.0 Å². The summed E-state index contributed by atoms with van der Waals surface area (Å²) in [5.41, 5.74) is 1.03. The van der Waals surface area contributed by atoms with Crippen molar-refractivity contribution in [3.8, 4) is 5.75 Å². The first-order valence-electron chi connectivity index (χ1n) is 6.75. The molecule has 1 rings (SSSR count). The third-order valence-electron chi connectivity index (χ3n) is 3.10. The number of methoxy groups -OCH3 is 2. The molecule has 0 radical (unpaired) electrons. The van der Waals surface area contributed by atoms with Gasteiger partial charge in [0.1, 0.15) is 5.75 Å². The zero-order valence-electron chi connectivity index (χ0n) is 12.6. The molecule has 0 bridgehead atoms. The second-order valence-electron chi connectivity index (χ2n) is 4.64. The maximum absolute atomic E-state index is 11.9. The molecule has 5 heteroatoms. The molecule has 1 aromatic rings. The number of hydrogen-bond acceptors (Lipinski definition) is 4. The van der Waals surface area contributed by atoms with Gasteiger partial charge in [0.25, 0.3) is 0 Å². The molecule has 2 atom stereocenters. The van der Waals surface area contributed by atoms with Gasteiger partial charge in [-0.1, -0.05) is 18.2 Å². The average molecular weight is 280 g/mol. The quantitative estimate of drug-likeness (QED) is 0.708. The number of carbonyl (C=O) groups is 1. The van der Waals surface area contributed by atoms with Gasteiger partial charge in [-0.05, 0) is 19.9 Å². The van der Waals surface area contributed by atoms with Crippen molar-refractivity contribution in [3.63, 3.8) is 0 Å². The Kier molecular flexibility index (Phi) is 7.04. The van der Waals surface area contributed by atoms with E-state index in [9.17, 15) is 4.79 Å². The predicted molar refractivity (Wildman–Crippen MR) is 78.9 cm³/mol. The Labute approximate surface area is 120 Å². The minimum Gasteiger partial charge on any atom is -0.496 e. The number of benzene rings is 1. The molecule has 20 heavy (non-hydrogen) atoms. The van der Waals surface area contributed by atoms with Crippen molar-refractivity contribution in [2.75, 3.05) is 27.4 Å². The van der Waals surface area contributed by atoms with Gasteiger partial charge in [0.2, 0.25) is 5.91 Å². The second kappa shape index (κ2) is 8.55. The topological polar surface area (TPSA) is 59.6 Å². The normalized spacial score (nSPS) is 13.6. The lowest BCUT2D eigenvalue weighted by molar-refractivity contribution is -0.123. The van der Waals surface area contributed by atoms with Gasteiger partial charge < -0.3 is 14.8 Å². The summed E-state index contributed by atoms with van der Waals surface area (Å²) in [5, 5.41) is 6.08. The van der Waals surface area contributed by atoms with Crippen LogP contribution in [0.3, 0.4) is 0 Å². The van der Waals surface area contributed by atoms with Crippen LogP contribution in [0.4, 0.5) is 0 Å². The van der Waals surface area contributed by atoms with E-state index in [1.807, 2.05) is 38.1 Å². The molecule has 0 spiro atoms. The minimum atomic E-state index is -0.285. The Hall–Kier alpha value is -1.59. The van der Waals surface area contributed by atoms with Crippen molar-refractivity contribution < 1.29 is 14.3 Å². The predicted octanol–water partition coefficient (Wildman–Crippen LogP) is 1.50. The summed E-state index contributed by atoms with van der Waals surface area (Å²) in [5.74, 6) is 0.781. The van der Waals surface area contributed by atoms with Gasteiger partial charge in [0.15, 0.2) is 0 Å². The first-order valence-corrected chi connectivity index (χ1v) is 6.75. The summed E-state index contributed by atoms with van der Waals surface area (Å²) in [4.78, 5) is 11.9. The number of amides is 1. The SMILES string of the molecule is COCCNC(=O)C(C)N[C@@H](C)c1ccccc1OC. The lowest BCUT2D eigenvalue weighted by Gasteiger charge is -2.21. The van der Waals surface area contributed by atoms with E-state index in [1.54, 1.807) is 14.2 Å². The first-order chi connectivity index (χ1) is 9.60. The molecule has 0 heterocycles. The van der Waals surface area contributed by atoms with Crippen molar-refractivity contribution in [1.29, 1.82) is 0 Å². The third kappa shape index (κ3) is 4.83. The number of ether oxygens (including phenoxy) is 2. The molecular weight excluding hydrogens is 256 g/mol. The standard InChI is InChI=1S/C15H24N2O3/c1-11(13-7-5-6-8-14(13)20-4)17-12(2)15(18)16-9-10-19-3/h5-8,11-12,17H,9-10H2,1-4H3,(H,16,18)/t11-,12?/m0/s1. The van der Waals surface area contributed by atoms with Crippen LogP contribution in [0.2, 0.25) is 0 Å². The highest BCUT2D eigenvalue weighted by molar-refractivity contribution is 5.81. The van der Waals surface area contributed by atoms with Crippen LogP contribution in [0.1, 0.15) is 25.5 Å². The van der Waals surface area contributed by atoms with Crippen LogP contribution < -0.4 is 15.4 Å². The molecule has 0 aromatic heterocycles. The molecule has 1 unspecified atom stereocenters. The zero-order valence-corrected chi connectivity index (χ0v) is 12.6. The maximum atomic E-state index is 11.9. The van der Waals surface area contributed by atoms with Gasteiger partial charge in [-0.3, -0.25) is 10.1 Å². The van der Waals surface area contributed by atoms with Gasteiger partial charge in [-0.15, -0.1) is 0 Å². The Morgan fingerprint density at radius 3 is 2.60 bits per heavy atom. The highest BCUT2D eigenvalue weighted by atomic mass is 16.5. The number of rotatable bonds is 8. The van der Waals surface area contributed by atoms with Gasteiger partial charge in [-0.25, -0.2) is 0 Å². The molecule has 0 aliphatic heterocycles. The van der Waals surface area contributed by atoms with Crippen molar-refractivity contribution in [3.05, 3.63) is 29.8 Å². The maximum Gasteiger partial charge on any atom is 0.236 e. The van der Waals surface area contributed by atoms with E-state index < -0.39 is 0 Å². The summed E-state index contributed by atoms with van der Waals surface area (Å²) in [7, 11) is 3.25. The van der Waals surface area contributed by atoms with E-state index >= 15 is 0 Å². The summed E-state index contributed by atoms with van der Waals surface area (Å²) in [6.07, 6.45) is 0. The molecule has 2 N–H and O–H groups in total. The lowest BCUT2D eigenvalue weighted by atomic mass is 10.1. The third-order valence-corrected chi connectivity index (χ3v) is 3.10. The monoisotopic (exact) mass is 280 g/mol. The van der Waals surface area contributed by atoms with Crippen LogP contribution in [0.5, 0.6) is 5.75 Å². The average Bonchev–Trinajstić information content (AvgIpc) is 2.47. The van der Waals surface area contributed by atoms with Crippen LogP contribution in [0.25, 0.3) is 0 Å². The van der Waals surface area contributed by atoms with Crippen molar-refractivity contribution in [2.45, 2.75) is 25.9 Å². The Balaban J connectivity index is 2.56. The Morgan fingerprint density at radius 1 is 1.25 bits per heavy atom. The molecular formula is C15H24N2O3. The lowest BCUT2D eigenvalue weighted by Crippen LogP contribution is -2.44. The zero-order chi connectivity index (χ0) is 15.0. The van der Waals surface area contributed by atoms with E-state index in [0.29, 0.717) is 13.2 Å². The number of nitrogens with one attached hydrogen (secondary N) is 2. The first kappa shape index (κ1) is 16.5. The molecule has 0 saturated carbocycles. The second-order valence-corrected chi connectivity index (χ2v) is 4.64. The number of para-hydroxylation sites is 1. The molecule has 1 amide bonds. The largest absolute Gasteiger partial charge is 0.496 e. The van der Waals surface area contributed by atoms with E-state index in [4.69, 9.17) is 9.47 Å². The van der Waals surface area contributed by atoms with Crippen LogP contribution in [-0.2, 0) is 9.53 Å². The van der Waals surface area contributed by atoms with Crippen LogP contribution in [0.15, 0.2) is 24.3 Å².